The number of rotatable bonds is 2. The Hall–Kier alpha value is -2.66. The molecule has 122 valence electrons. The molecule has 3 rings (SSSR count). The Bertz CT molecular complexity index is 774. The summed E-state index contributed by atoms with van der Waals surface area (Å²) in [5, 5.41) is 19.3. The first-order valence-corrected chi connectivity index (χ1v) is 7.82. The lowest BCUT2D eigenvalue weighted by Crippen LogP contribution is -2.42. The number of benzene rings is 1. The first kappa shape index (κ1) is 16.2. The van der Waals surface area contributed by atoms with Crippen LogP contribution < -0.4 is 4.74 Å². The number of nitriles is 2. The van der Waals surface area contributed by atoms with Gasteiger partial charge in [-0.3, -0.25) is 9.59 Å². The Labute approximate surface area is 140 Å². The predicted octanol–water partition coefficient (Wildman–Crippen LogP) is 2.77. The highest BCUT2D eigenvalue weighted by molar-refractivity contribution is 6.16. The molecule has 0 N–H and O–H groups in total. The van der Waals surface area contributed by atoms with Gasteiger partial charge < -0.3 is 4.74 Å². The highest BCUT2D eigenvalue weighted by Gasteiger charge is 2.86. The van der Waals surface area contributed by atoms with Crippen molar-refractivity contribution in [2.24, 2.45) is 16.2 Å². The molecule has 0 aliphatic heterocycles. The Balaban J connectivity index is 2.13. The average molecular weight is 322 g/mol. The van der Waals surface area contributed by atoms with Gasteiger partial charge in [-0.2, -0.15) is 10.5 Å². The second-order valence-corrected chi connectivity index (χ2v) is 7.41. The van der Waals surface area contributed by atoms with E-state index in [0.717, 1.165) is 0 Å². The number of hydrogen-bond donors (Lipinski definition) is 0. The lowest BCUT2D eigenvalue weighted by molar-refractivity contribution is -0.142. The highest BCUT2D eigenvalue weighted by Crippen LogP contribution is 2.77. The van der Waals surface area contributed by atoms with Crippen molar-refractivity contribution < 1.29 is 14.3 Å². The Morgan fingerprint density at radius 3 is 1.96 bits per heavy atom. The zero-order valence-corrected chi connectivity index (χ0v) is 13.9. The van der Waals surface area contributed by atoms with Crippen LogP contribution in [0.15, 0.2) is 24.3 Å². The number of ketones is 2. The van der Waals surface area contributed by atoms with Crippen LogP contribution >= 0.6 is 0 Å². The van der Waals surface area contributed by atoms with E-state index in [1.54, 1.807) is 31.4 Å². The molecule has 0 amide bonds. The van der Waals surface area contributed by atoms with Gasteiger partial charge in [-0.1, -0.05) is 26.0 Å². The zero-order chi connectivity index (χ0) is 17.8. The lowest BCUT2D eigenvalue weighted by atomic mass is 9.67. The average Bonchev–Trinajstić information content (AvgIpc) is 3.17. The minimum absolute atomic E-state index is 0.205. The van der Waals surface area contributed by atoms with Gasteiger partial charge >= 0.3 is 0 Å². The van der Waals surface area contributed by atoms with Crippen molar-refractivity contribution in [3.63, 3.8) is 0 Å². The van der Waals surface area contributed by atoms with E-state index in [0.29, 0.717) is 11.3 Å². The maximum atomic E-state index is 12.9. The van der Waals surface area contributed by atoms with E-state index in [1.807, 2.05) is 26.0 Å². The quantitative estimate of drug-likeness (QED) is 0.781. The molecule has 0 heterocycles. The second kappa shape index (κ2) is 4.92. The van der Waals surface area contributed by atoms with Gasteiger partial charge in [-0.05, 0) is 23.1 Å². The highest BCUT2D eigenvalue weighted by atomic mass is 16.5. The molecule has 1 spiro atoms. The molecule has 2 fully saturated rings. The third-order valence-corrected chi connectivity index (χ3v) is 5.36. The van der Waals surface area contributed by atoms with Crippen molar-refractivity contribution in [2.45, 2.75) is 32.6 Å². The van der Waals surface area contributed by atoms with Crippen LogP contribution in [0.5, 0.6) is 5.75 Å². The monoisotopic (exact) mass is 322 g/mol. The van der Waals surface area contributed by atoms with Crippen LogP contribution in [-0.2, 0) is 9.59 Å². The van der Waals surface area contributed by atoms with Gasteiger partial charge in [0.05, 0.1) is 19.2 Å². The molecule has 5 nitrogen and oxygen atoms in total. The van der Waals surface area contributed by atoms with E-state index in [4.69, 9.17) is 4.74 Å². The summed E-state index contributed by atoms with van der Waals surface area (Å²) in [5.74, 6) is -0.641. The van der Waals surface area contributed by atoms with Crippen molar-refractivity contribution >= 4 is 11.6 Å². The van der Waals surface area contributed by atoms with Gasteiger partial charge in [0.1, 0.15) is 22.7 Å². The fraction of sp³-hybridized carbons (Fsp3) is 0.474. The molecule has 1 atom stereocenters. The largest absolute Gasteiger partial charge is 0.497 e. The Kier molecular flexibility index (Phi) is 3.32. The molecular formula is C19H18N2O3. The van der Waals surface area contributed by atoms with E-state index in [2.05, 4.69) is 0 Å². The zero-order valence-electron chi connectivity index (χ0n) is 13.9. The van der Waals surface area contributed by atoms with Gasteiger partial charge in [0.25, 0.3) is 0 Å². The van der Waals surface area contributed by atoms with Crippen LogP contribution in [0.2, 0.25) is 0 Å². The number of hydrogen-bond acceptors (Lipinski definition) is 5. The summed E-state index contributed by atoms with van der Waals surface area (Å²) in [6, 6.07) is 10.9. The second-order valence-electron chi connectivity index (χ2n) is 7.41. The molecular weight excluding hydrogens is 304 g/mol. The topological polar surface area (TPSA) is 90.9 Å². The van der Waals surface area contributed by atoms with E-state index in [9.17, 15) is 20.1 Å². The van der Waals surface area contributed by atoms with Crippen molar-refractivity contribution in [3.8, 4) is 17.9 Å². The molecule has 2 aliphatic rings. The number of carbonyl (C=O) groups is 2. The van der Waals surface area contributed by atoms with Gasteiger partial charge in [0.15, 0.2) is 5.41 Å². The summed E-state index contributed by atoms with van der Waals surface area (Å²) in [7, 11) is 1.54. The molecule has 5 heteroatoms. The maximum absolute atomic E-state index is 12.9. The first-order valence-electron chi connectivity index (χ1n) is 7.82. The fourth-order valence-electron chi connectivity index (χ4n) is 4.23. The summed E-state index contributed by atoms with van der Waals surface area (Å²) in [4.78, 5) is 25.8. The van der Waals surface area contributed by atoms with Crippen LogP contribution in [-0.4, -0.2) is 18.7 Å². The number of Topliss-reactive ketones (excluding diaryl/α,β-unsaturated/α-hetero) is 2. The van der Waals surface area contributed by atoms with E-state index in [1.165, 1.54) is 0 Å². The van der Waals surface area contributed by atoms with Crippen molar-refractivity contribution in [1.82, 2.24) is 0 Å². The minimum atomic E-state index is -1.60. The third kappa shape index (κ3) is 1.79. The Morgan fingerprint density at radius 2 is 1.54 bits per heavy atom. The van der Waals surface area contributed by atoms with Crippen LogP contribution in [0.4, 0.5) is 0 Å². The molecule has 2 saturated carbocycles. The summed E-state index contributed by atoms with van der Waals surface area (Å²) in [6.07, 6.45) is 0.410. The number of nitrogens with zero attached hydrogens (tertiary/aromatic N) is 2. The standard InChI is InChI=1S/C19H18N2O3/c1-17(2)8-14(22)19(15(23)9-17)16(18(19,10-20)11-21)12-4-6-13(24-3)7-5-12/h4-7,16H,8-9H2,1-3H3/t16-/m1/s1. The van der Waals surface area contributed by atoms with Crippen molar-refractivity contribution in [3.05, 3.63) is 29.8 Å². The van der Waals surface area contributed by atoms with Gasteiger partial charge in [0.2, 0.25) is 0 Å². The molecule has 0 radical (unpaired) electrons. The van der Waals surface area contributed by atoms with Gasteiger partial charge in [0, 0.05) is 18.8 Å². The number of ether oxygens (including phenoxy) is 1. The number of carbonyl (C=O) groups excluding carboxylic acids is 2. The van der Waals surface area contributed by atoms with Gasteiger partial charge in [-0.15, -0.1) is 0 Å². The van der Waals surface area contributed by atoms with Gasteiger partial charge in [-0.25, -0.2) is 0 Å². The summed E-state index contributed by atoms with van der Waals surface area (Å²) in [6.45, 7) is 3.72. The summed E-state index contributed by atoms with van der Waals surface area (Å²) < 4.78 is 5.12. The van der Waals surface area contributed by atoms with E-state index < -0.39 is 22.2 Å². The SMILES string of the molecule is COc1ccc([C@@H]2C(C#N)(C#N)C23C(=O)CC(C)(C)CC3=O)cc1. The molecule has 24 heavy (non-hydrogen) atoms. The molecule has 0 unspecified atom stereocenters. The third-order valence-electron chi connectivity index (χ3n) is 5.36. The molecule has 1 aromatic rings. The molecule has 0 aromatic heterocycles. The summed E-state index contributed by atoms with van der Waals surface area (Å²) >= 11 is 0. The molecule has 2 aliphatic carbocycles. The van der Waals surface area contributed by atoms with Crippen molar-refractivity contribution in [2.75, 3.05) is 7.11 Å². The predicted molar refractivity (Wildman–Crippen MR) is 84.9 cm³/mol. The van der Waals surface area contributed by atoms with Crippen molar-refractivity contribution in [1.29, 1.82) is 10.5 Å². The molecule has 0 saturated heterocycles. The molecule has 1 aromatic carbocycles. The van der Waals surface area contributed by atoms with E-state index in [-0.39, 0.29) is 24.4 Å². The lowest BCUT2D eigenvalue weighted by Gasteiger charge is -2.33. The Morgan fingerprint density at radius 1 is 1.04 bits per heavy atom. The van der Waals surface area contributed by atoms with Crippen LogP contribution in [0.3, 0.4) is 0 Å². The number of methoxy groups -OCH3 is 1. The van der Waals surface area contributed by atoms with Crippen LogP contribution in [0, 0.1) is 38.9 Å². The first-order chi connectivity index (χ1) is 11.3. The van der Waals surface area contributed by atoms with Crippen LogP contribution in [0.1, 0.15) is 38.2 Å². The minimum Gasteiger partial charge on any atom is -0.497 e. The van der Waals surface area contributed by atoms with E-state index >= 15 is 0 Å². The van der Waals surface area contributed by atoms with Crippen LogP contribution in [0.25, 0.3) is 0 Å². The smallest absolute Gasteiger partial charge is 0.172 e. The maximum Gasteiger partial charge on any atom is 0.172 e. The normalized spacial score (nSPS) is 25.6. The molecule has 0 bridgehead atoms. The summed E-state index contributed by atoms with van der Waals surface area (Å²) in [5.41, 5.74) is -2.89. The fourth-order valence-corrected chi connectivity index (χ4v) is 4.23.